The summed E-state index contributed by atoms with van der Waals surface area (Å²) in [6, 6.07) is 6.01. The van der Waals surface area contributed by atoms with E-state index in [1.807, 2.05) is 26.2 Å². The average Bonchev–Trinajstić information content (AvgIpc) is 2.46. The molecule has 5 heteroatoms. The normalized spacial score (nSPS) is 11.8. The van der Waals surface area contributed by atoms with Crippen molar-refractivity contribution in [1.29, 1.82) is 5.26 Å². The Hall–Kier alpha value is -1.93. The maximum Gasteiger partial charge on any atom is 0.203 e. The van der Waals surface area contributed by atoms with E-state index in [2.05, 4.69) is 11.0 Å². The topological polar surface area (TPSA) is 54.7 Å². The van der Waals surface area contributed by atoms with Gasteiger partial charge in [-0.05, 0) is 44.8 Å². The Kier molecular flexibility index (Phi) is 6.13. The molecule has 0 N–H and O–H groups in total. The molecule has 0 spiro atoms. The largest absolute Gasteiger partial charge is 0.493 e. The number of methoxy groups -OCH3 is 3. The van der Waals surface area contributed by atoms with Crippen molar-refractivity contribution in [2.75, 3.05) is 42.0 Å². The molecule has 0 radical (unpaired) electrons. The maximum absolute atomic E-state index is 9.36. The first-order valence-corrected chi connectivity index (χ1v) is 6.41. The third-order valence-corrected chi connectivity index (χ3v) is 3.11. The smallest absolute Gasteiger partial charge is 0.203 e. The molecule has 1 aromatic rings. The van der Waals surface area contributed by atoms with Crippen LogP contribution in [0.15, 0.2) is 12.1 Å². The first-order valence-electron chi connectivity index (χ1n) is 6.41. The van der Waals surface area contributed by atoms with Crippen LogP contribution in [0.1, 0.15) is 17.9 Å². The second kappa shape index (κ2) is 7.61. The molecule has 0 saturated heterocycles. The van der Waals surface area contributed by atoms with Gasteiger partial charge in [-0.25, -0.2) is 0 Å². The molecule has 20 heavy (non-hydrogen) atoms. The van der Waals surface area contributed by atoms with Crippen LogP contribution in [0.2, 0.25) is 0 Å². The van der Waals surface area contributed by atoms with E-state index in [9.17, 15) is 5.26 Å². The summed E-state index contributed by atoms with van der Waals surface area (Å²) in [5.74, 6) is 1.49. The number of nitriles is 1. The van der Waals surface area contributed by atoms with E-state index in [1.165, 1.54) is 0 Å². The van der Waals surface area contributed by atoms with Crippen LogP contribution in [-0.4, -0.2) is 46.9 Å². The van der Waals surface area contributed by atoms with E-state index < -0.39 is 0 Å². The zero-order valence-corrected chi connectivity index (χ0v) is 12.8. The SMILES string of the molecule is COc1cc(C(C#N)CCN(C)C)cc(OC)c1OC. The van der Waals surface area contributed by atoms with Crippen LogP contribution in [0.3, 0.4) is 0 Å². The minimum Gasteiger partial charge on any atom is -0.493 e. The van der Waals surface area contributed by atoms with Crippen LogP contribution in [0.4, 0.5) is 0 Å². The van der Waals surface area contributed by atoms with Gasteiger partial charge in [0.1, 0.15) is 0 Å². The van der Waals surface area contributed by atoms with E-state index in [-0.39, 0.29) is 5.92 Å². The molecule has 0 bridgehead atoms. The van der Waals surface area contributed by atoms with E-state index in [4.69, 9.17) is 14.2 Å². The Balaban J connectivity index is 3.13. The number of hydrogen-bond donors (Lipinski definition) is 0. The molecule has 0 amide bonds. The first kappa shape index (κ1) is 16.1. The number of ether oxygens (including phenoxy) is 3. The fraction of sp³-hybridized carbons (Fsp3) is 0.533. The highest BCUT2D eigenvalue weighted by atomic mass is 16.5. The van der Waals surface area contributed by atoms with Crippen molar-refractivity contribution in [1.82, 2.24) is 4.90 Å². The Morgan fingerprint density at radius 3 is 2.00 bits per heavy atom. The molecule has 0 aromatic heterocycles. The summed E-state index contributed by atoms with van der Waals surface area (Å²) < 4.78 is 15.9. The molecular weight excluding hydrogens is 256 g/mol. The van der Waals surface area contributed by atoms with E-state index >= 15 is 0 Å². The molecule has 1 atom stereocenters. The first-order chi connectivity index (χ1) is 9.57. The van der Waals surface area contributed by atoms with Crippen molar-refractivity contribution in [2.45, 2.75) is 12.3 Å². The number of nitrogens with zero attached hydrogens (tertiary/aromatic N) is 2. The fourth-order valence-corrected chi connectivity index (χ4v) is 2.00. The van der Waals surface area contributed by atoms with Gasteiger partial charge in [-0.3, -0.25) is 0 Å². The quantitative estimate of drug-likeness (QED) is 0.766. The summed E-state index contributed by atoms with van der Waals surface area (Å²) in [5, 5.41) is 9.36. The highest BCUT2D eigenvalue weighted by molar-refractivity contribution is 5.55. The highest BCUT2D eigenvalue weighted by Crippen LogP contribution is 2.40. The van der Waals surface area contributed by atoms with Gasteiger partial charge in [-0.1, -0.05) is 0 Å². The number of rotatable bonds is 7. The fourth-order valence-electron chi connectivity index (χ4n) is 2.00. The van der Waals surface area contributed by atoms with Crippen molar-refractivity contribution < 1.29 is 14.2 Å². The Morgan fingerprint density at radius 1 is 1.10 bits per heavy atom. The van der Waals surface area contributed by atoms with Gasteiger partial charge >= 0.3 is 0 Å². The van der Waals surface area contributed by atoms with Gasteiger partial charge in [0.05, 0.1) is 33.3 Å². The van der Waals surface area contributed by atoms with Gasteiger partial charge in [0.15, 0.2) is 11.5 Å². The Morgan fingerprint density at radius 2 is 1.65 bits per heavy atom. The van der Waals surface area contributed by atoms with Gasteiger partial charge in [-0.2, -0.15) is 5.26 Å². The van der Waals surface area contributed by atoms with E-state index in [0.717, 1.165) is 18.5 Å². The Labute approximate surface area is 120 Å². The molecule has 110 valence electrons. The zero-order chi connectivity index (χ0) is 15.1. The number of benzene rings is 1. The molecule has 1 aromatic carbocycles. The molecule has 0 aliphatic heterocycles. The minimum atomic E-state index is -0.203. The van der Waals surface area contributed by atoms with Crippen molar-refractivity contribution in [2.24, 2.45) is 0 Å². The summed E-state index contributed by atoms with van der Waals surface area (Å²) in [5.41, 5.74) is 0.879. The van der Waals surface area contributed by atoms with Crippen molar-refractivity contribution >= 4 is 0 Å². The average molecular weight is 278 g/mol. The van der Waals surface area contributed by atoms with Crippen LogP contribution in [-0.2, 0) is 0 Å². The summed E-state index contributed by atoms with van der Waals surface area (Å²) in [6.45, 7) is 0.842. The minimum absolute atomic E-state index is 0.203. The molecule has 0 heterocycles. The van der Waals surface area contributed by atoms with Gasteiger partial charge in [0.2, 0.25) is 5.75 Å². The lowest BCUT2D eigenvalue weighted by Gasteiger charge is -2.17. The third-order valence-electron chi connectivity index (χ3n) is 3.11. The third kappa shape index (κ3) is 3.78. The van der Waals surface area contributed by atoms with Gasteiger partial charge in [0.25, 0.3) is 0 Å². The van der Waals surface area contributed by atoms with Gasteiger partial charge < -0.3 is 19.1 Å². The predicted molar refractivity (Wildman–Crippen MR) is 77.6 cm³/mol. The second-order valence-electron chi connectivity index (χ2n) is 4.73. The molecule has 1 unspecified atom stereocenters. The number of hydrogen-bond acceptors (Lipinski definition) is 5. The van der Waals surface area contributed by atoms with E-state index in [0.29, 0.717) is 17.2 Å². The van der Waals surface area contributed by atoms with Gasteiger partial charge in [0, 0.05) is 0 Å². The van der Waals surface area contributed by atoms with Crippen LogP contribution in [0, 0.1) is 11.3 Å². The molecule has 1 rings (SSSR count). The van der Waals surface area contributed by atoms with Crippen LogP contribution in [0.25, 0.3) is 0 Å². The summed E-state index contributed by atoms with van der Waals surface area (Å²) in [6.07, 6.45) is 0.752. The Bertz CT molecular complexity index is 455. The van der Waals surface area contributed by atoms with Gasteiger partial charge in [-0.15, -0.1) is 0 Å². The lowest BCUT2D eigenvalue weighted by atomic mass is 9.96. The summed E-state index contributed by atoms with van der Waals surface area (Å²) in [7, 11) is 8.69. The van der Waals surface area contributed by atoms with Crippen molar-refractivity contribution in [3.63, 3.8) is 0 Å². The van der Waals surface area contributed by atoms with E-state index in [1.54, 1.807) is 21.3 Å². The van der Waals surface area contributed by atoms with Crippen LogP contribution < -0.4 is 14.2 Å². The lowest BCUT2D eigenvalue weighted by Crippen LogP contribution is -2.15. The summed E-state index contributed by atoms with van der Waals surface area (Å²) in [4.78, 5) is 2.06. The molecular formula is C15H22N2O3. The maximum atomic E-state index is 9.36. The summed E-state index contributed by atoms with van der Waals surface area (Å²) >= 11 is 0. The predicted octanol–water partition coefficient (Wildman–Crippen LogP) is 2.27. The molecule has 0 saturated carbocycles. The highest BCUT2D eigenvalue weighted by Gasteiger charge is 2.18. The van der Waals surface area contributed by atoms with Crippen LogP contribution >= 0.6 is 0 Å². The van der Waals surface area contributed by atoms with Crippen LogP contribution in [0.5, 0.6) is 17.2 Å². The molecule has 0 aliphatic carbocycles. The monoisotopic (exact) mass is 278 g/mol. The molecule has 5 nitrogen and oxygen atoms in total. The zero-order valence-electron chi connectivity index (χ0n) is 12.8. The van der Waals surface area contributed by atoms with Crippen molar-refractivity contribution in [3.05, 3.63) is 17.7 Å². The second-order valence-corrected chi connectivity index (χ2v) is 4.73. The standard InChI is InChI=1S/C15H22N2O3/c1-17(2)7-6-11(10-16)12-8-13(18-3)15(20-5)14(9-12)19-4/h8-9,11H,6-7H2,1-5H3. The molecule has 0 aliphatic rings. The lowest BCUT2D eigenvalue weighted by molar-refractivity contribution is 0.323. The molecule has 0 fully saturated rings. The van der Waals surface area contributed by atoms with Crippen molar-refractivity contribution in [3.8, 4) is 23.3 Å².